The van der Waals surface area contributed by atoms with Crippen molar-refractivity contribution >= 4 is 12.0 Å². The van der Waals surface area contributed by atoms with Gasteiger partial charge >= 0.3 is 12.0 Å². The van der Waals surface area contributed by atoms with Gasteiger partial charge in [0.1, 0.15) is 0 Å². The van der Waals surface area contributed by atoms with Crippen LogP contribution in [0, 0.1) is 5.92 Å². The summed E-state index contributed by atoms with van der Waals surface area (Å²) in [6, 6.07) is -0.198. The number of nitrogens with one attached hydrogen (secondary N) is 2. The normalized spacial score (nSPS) is 14.2. The van der Waals surface area contributed by atoms with E-state index >= 15 is 0 Å². The Kier molecular flexibility index (Phi) is 7.29. The number of hydrogen-bond donors (Lipinski definition) is 3. The monoisotopic (exact) mass is 245 g/mol. The molecule has 3 N–H and O–H groups in total. The van der Waals surface area contributed by atoms with Crippen LogP contribution in [-0.2, 0) is 4.79 Å². The van der Waals surface area contributed by atoms with Crippen molar-refractivity contribution in [3.63, 3.8) is 0 Å². The Morgan fingerprint density at radius 2 is 1.88 bits per heavy atom. The first-order valence-corrected chi connectivity index (χ1v) is 5.72. The van der Waals surface area contributed by atoms with Gasteiger partial charge in [-0.25, -0.2) is 4.79 Å². The number of carbonyl (C=O) groups excluding carboxylic acids is 1. The summed E-state index contributed by atoms with van der Waals surface area (Å²) >= 11 is 0. The second-order valence-electron chi connectivity index (χ2n) is 4.72. The number of hydrogen-bond acceptors (Lipinski definition) is 3. The molecule has 17 heavy (non-hydrogen) atoms. The van der Waals surface area contributed by atoms with Crippen molar-refractivity contribution in [2.45, 2.75) is 26.3 Å². The van der Waals surface area contributed by atoms with Crippen LogP contribution < -0.4 is 10.6 Å². The summed E-state index contributed by atoms with van der Waals surface area (Å²) in [5.74, 6) is -0.914. The first-order chi connectivity index (χ1) is 7.81. The zero-order valence-corrected chi connectivity index (χ0v) is 11.0. The van der Waals surface area contributed by atoms with Gasteiger partial charge < -0.3 is 20.6 Å². The lowest BCUT2D eigenvalue weighted by Gasteiger charge is -2.19. The Morgan fingerprint density at radius 3 is 2.35 bits per heavy atom. The van der Waals surface area contributed by atoms with E-state index in [1.54, 1.807) is 6.92 Å². The van der Waals surface area contributed by atoms with Gasteiger partial charge in [0.25, 0.3) is 0 Å². The average molecular weight is 245 g/mol. The van der Waals surface area contributed by atoms with Crippen molar-refractivity contribution in [1.29, 1.82) is 0 Å². The topological polar surface area (TPSA) is 81.7 Å². The maximum atomic E-state index is 11.4. The van der Waals surface area contributed by atoms with Crippen LogP contribution in [0.25, 0.3) is 0 Å². The summed E-state index contributed by atoms with van der Waals surface area (Å²) in [4.78, 5) is 23.8. The van der Waals surface area contributed by atoms with Crippen LogP contribution in [0.3, 0.4) is 0 Å². The molecule has 0 aromatic heterocycles. The SMILES string of the molecule is CC(CNC(=O)NC(C)CN(C)C)CC(=O)O. The third-order valence-electron chi connectivity index (χ3n) is 2.15. The molecule has 0 radical (unpaired) electrons. The van der Waals surface area contributed by atoms with Gasteiger partial charge in [0.15, 0.2) is 0 Å². The molecule has 6 nitrogen and oxygen atoms in total. The van der Waals surface area contributed by atoms with Crippen molar-refractivity contribution in [2.24, 2.45) is 5.92 Å². The third kappa shape index (κ3) is 9.62. The third-order valence-corrected chi connectivity index (χ3v) is 2.15. The minimum absolute atomic E-state index is 0.0554. The highest BCUT2D eigenvalue weighted by Gasteiger charge is 2.11. The quantitative estimate of drug-likeness (QED) is 0.604. The maximum Gasteiger partial charge on any atom is 0.315 e. The van der Waals surface area contributed by atoms with Crippen molar-refractivity contribution < 1.29 is 14.7 Å². The summed E-state index contributed by atoms with van der Waals surface area (Å²) in [6.07, 6.45) is 0.0630. The lowest BCUT2D eigenvalue weighted by atomic mass is 10.1. The van der Waals surface area contributed by atoms with Crippen molar-refractivity contribution in [2.75, 3.05) is 27.2 Å². The Bertz CT molecular complexity index is 256. The van der Waals surface area contributed by atoms with Crippen molar-refractivity contribution in [1.82, 2.24) is 15.5 Å². The van der Waals surface area contributed by atoms with Gasteiger partial charge in [-0.1, -0.05) is 6.92 Å². The number of carbonyl (C=O) groups is 2. The highest BCUT2D eigenvalue weighted by Crippen LogP contribution is 1.98. The first kappa shape index (κ1) is 15.7. The number of amides is 2. The lowest BCUT2D eigenvalue weighted by Crippen LogP contribution is -2.45. The Balaban J connectivity index is 3.75. The molecule has 0 aliphatic carbocycles. The fraction of sp³-hybridized carbons (Fsp3) is 0.818. The predicted molar refractivity (Wildman–Crippen MR) is 66.0 cm³/mol. The summed E-state index contributed by atoms with van der Waals surface area (Å²) in [5, 5.41) is 14.0. The molecule has 0 fully saturated rings. The Hall–Kier alpha value is -1.30. The van der Waals surface area contributed by atoms with Gasteiger partial charge in [0.05, 0.1) is 0 Å². The molecule has 0 aromatic rings. The van der Waals surface area contributed by atoms with Crippen LogP contribution >= 0.6 is 0 Å². The average Bonchev–Trinajstić information content (AvgIpc) is 2.12. The van der Waals surface area contributed by atoms with Crippen LogP contribution in [-0.4, -0.2) is 55.2 Å². The second kappa shape index (κ2) is 7.89. The number of carboxylic acids is 1. The molecule has 0 rings (SSSR count). The minimum atomic E-state index is -0.847. The van der Waals surface area contributed by atoms with Crippen LogP contribution in [0.2, 0.25) is 0 Å². The smallest absolute Gasteiger partial charge is 0.315 e. The summed E-state index contributed by atoms with van der Waals surface area (Å²) < 4.78 is 0. The minimum Gasteiger partial charge on any atom is -0.481 e. The number of nitrogens with zero attached hydrogens (tertiary/aromatic N) is 1. The van der Waals surface area contributed by atoms with E-state index in [1.807, 2.05) is 25.9 Å². The fourth-order valence-electron chi connectivity index (χ4n) is 1.51. The second-order valence-corrected chi connectivity index (χ2v) is 4.72. The molecule has 2 amide bonds. The van der Waals surface area contributed by atoms with E-state index in [2.05, 4.69) is 10.6 Å². The zero-order chi connectivity index (χ0) is 13.4. The van der Waals surface area contributed by atoms with E-state index in [4.69, 9.17) is 5.11 Å². The number of carboxylic acid groups (broad SMARTS) is 1. The molecule has 0 heterocycles. The summed E-state index contributed by atoms with van der Waals surface area (Å²) in [5.41, 5.74) is 0. The molecular formula is C11H23N3O3. The molecule has 100 valence electrons. The lowest BCUT2D eigenvalue weighted by molar-refractivity contribution is -0.137. The van der Waals surface area contributed by atoms with E-state index in [9.17, 15) is 9.59 Å². The molecule has 0 aliphatic heterocycles. The molecule has 0 aliphatic rings. The van der Waals surface area contributed by atoms with Crippen LogP contribution in [0.4, 0.5) is 4.79 Å². The summed E-state index contributed by atoms with van der Waals surface area (Å²) in [6.45, 7) is 4.84. The predicted octanol–water partition coefficient (Wildman–Crippen LogP) is 0.347. The fourth-order valence-corrected chi connectivity index (χ4v) is 1.51. The van der Waals surface area contributed by atoms with E-state index in [0.717, 1.165) is 6.54 Å². The zero-order valence-electron chi connectivity index (χ0n) is 11.0. The molecule has 0 saturated carbocycles. The molecule has 2 unspecified atom stereocenters. The van der Waals surface area contributed by atoms with Gasteiger partial charge in [0.2, 0.25) is 0 Å². The van der Waals surface area contributed by atoms with E-state index in [-0.39, 0.29) is 24.4 Å². The van der Waals surface area contributed by atoms with Gasteiger partial charge in [-0.3, -0.25) is 4.79 Å². The molecule has 0 saturated heterocycles. The number of likely N-dealkylation sites (N-methyl/N-ethyl adjacent to an activating group) is 1. The van der Waals surface area contributed by atoms with Crippen LogP contribution in [0.15, 0.2) is 0 Å². The van der Waals surface area contributed by atoms with Crippen LogP contribution in [0.5, 0.6) is 0 Å². The Labute approximate surface area is 102 Å². The molecule has 0 spiro atoms. The molecule has 0 aromatic carbocycles. The van der Waals surface area contributed by atoms with Crippen molar-refractivity contribution in [3.8, 4) is 0 Å². The molecule has 6 heteroatoms. The van der Waals surface area contributed by atoms with Gasteiger partial charge in [-0.05, 0) is 26.9 Å². The maximum absolute atomic E-state index is 11.4. The van der Waals surface area contributed by atoms with E-state index in [0.29, 0.717) is 6.54 Å². The van der Waals surface area contributed by atoms with Crippen LogP contribution in [0.1, 0.15) is 20.3 Å². The number of aliphatic carboxylic acids is 1. The molecule has 2 atom stereocenters. The first-order valence-electron chi connectivity index (χ1n) is 5.72. The highest BCUT2D eigenvalue weighted by atomic mass is 16.4. The van der Waals surface area contributed by atoms with Crippen molar-refractivity contribution in [3.05, 3.63) is 0 Å². The summed E-state index contributed by atoms with van der Waals surface area (Å²) in [7, 11) is 3.87. The Morgan fingerprint density at radius 1 is 1.29 bits per heavy atom. The largest absolute Gasteiger partial charge is 0.481 e. The van der Waals surface area contributed by atoms with Gasteiger partial charge in [-0.15, -0.1) is 0 Å². The molecular weight excluding hydrogens is 222 g/mol. The molecule has 0 bridgehead atoms. The highest BCUT2D eigenvalue weighted by molar-refractivity contribution is 5.74. The number of rotatable bonds is 7. The van der Waals surface area contributed by atoms with E-state index in [1.165, 1.54) is 0 Å². The van der Waals surface area contributed by atoms with E-state index < -0.39 is 5.97 Å². The number of urea groups is 1. The van der Waals surface area contributed by atoms with Gasteiger partial charge in [0, 0.05) is 25.6 Å². The van der Waals surface area contributed by atoms with Gasteiger partial charge in [-0.2, -0.15) is 0 Å². The standard InChI is InChI=1S/C11H23N3O3/c1-8(5-10(15)16)6-12-11(17)13-9(2)7-14(3)4/h8-9H,5-7H2,1-4H3,(H,15,16)(H2,12,13,17).